The lowest BCUT2D eigenvalue weighted by atomic mass is 10.1. The molecule has 22 heavy (non-hydrogen) atoms. The molecule has 0 spiro atoms. The van der Waals surface area contributed by atoms with Crippen molar-refractivity contribution in [3.8, 4) is 0 Å². The van der Waals surface area contributed by atoms with E-state index >= 15 is 0 Å². The van der Waals surface area contributed by atoms with Crippen LogP contribution < -0.4 is 0 Å². The summed E-state index contributed by atoms with van der Waals surface area (Å²) in [7, 11) is 0. The highest BCUT2D eigenvalue weighted by molar-refractivity contribution is 5.07. The average molecular weight is 306 g/mol. The standard InChI is InChI=1S/C18H30N2O2/c1-4-17-5-6-18(22-17)14-19-10-11-20(9-7-15(2)3)16(13-19)8-12-21/h5-7,16,21H,4,8-14H2,1-3H3/t16-/m0/s1. The van der Waals surface area contributed by atoms with Gasteiger partial charge in [0, 0.05) is 45.2 Å². The van der Waals surface area contributed by atoms with E-state index in [-0.39, 0.29) is 6.61 Å². The minimum Gasteiger partial charge on any atom is -0.465 e. The molecule has 0 unspecified atom stereocenters. The van der Waals surface area contributed by atoms with Gasteiger partial charge in [-0.25, -0.2) is 0 Å². The van der Waals surface area contributed by atoms with E-state index in [4.69, 9.17) is 4.42 Å². The van der Waals surface area contributed by atoms with E-state index in [0.717, 1.165) is 57.1 Å². The molecule has 124 valence electrons. The fourth-order valence-electron chi connectivity index (χ4n) is 2.98. The summed E-state index contributed by atoms with van der Waals surface area (Å²) in [6.45, 7) is 11.6. The van der Waals surface area contributed by atoms with E-state index in [1.54, 1.807) is 0 Å². The Bertz CT molecular complexity index is 477. The van der Waals surface area contributed by atoms with Gasteiger partial charge in [-0.05, 0) is 32.4 Å². The summed E-state index contributed by atoms with van der Waals surface area (Å²) in [6, 6.07) is 4.59. The van der Waals surface area contributed by atoms with Gasteiger partial charge in [-0.15, -0.1) is 0 Å². The number of furan rings is 1. The van der Waals surface area contributed by atoms with Crippen molar-refractivity contribution < 1.29 is 9.52 Å². The summed E-state index contributed by atoms with van der Waals surface area (Å²) in [5, 5.41) is 9.35. The molecule has 1 saturated heterocycles. The summed E-state index contributed by atoms with van der Waals surface area (Å²) in [5.74, 6) is 2.11. The fourth-order valence-corrected chi connectivity index (χ4v) is 2.98. The number of piperazine rings is 1. The van der Waals surface area contributed by atoms with Crippen LogP contribution in [-0.2, 0) is 13.0 Å². The van der Waals surface area contributed by atoms with Gasteiger partial charge in [0.2, 0.25) is 0 Å². The number of hydrogen-bond donors (Lipinski definition) is 1. The molecule has 0 aliphatic carbocycles. The maximum atomic E-state index is 9.35. The number of hydrogen-bond acceptors (Lipinski definition) is 4. The molecule has 1 aliphatic heterocycles. The van der Waals surface area contributed by atoms with Gasteiger partial charge in [0.25, 0.3) is 0 Å². The molecule has 0 saturated carbocycles. The van der Waals surface area contributed by atoms with E-state index in [1.807, 2.05) is 0 Å². The smallest absolute Gasteiger partial charge is 0.118 e. The number of rotatable bonds is 7. The van der Waals surface area contributed by atoms with Crippen LogP contribution in [0.4, 0.5) is 0 Å². The lowest BCUT2D eigenvalue weighted by Gasteiger charge is -2.40. The average Bonchev–Trinajstić information content (AvgIpc) is 2.94. The zero-order valence-electron chi connectivity index (χ0n) is 14.2. The first-order chi connectivity index (χ1) is 10.6. The van der Waals surface area contributed by atoms with Crippen molar-refractivity contribution >= 4 is 0 Å². The SMILES string of the molecule is CCc1ccc(CN2CCN(CC=C(C)C)[C@@H](CCO)C2)o1. The van der Waals surface area contributed by atoms with Gasteiger partial charge >= 0.3 is 0 Å². The predicted molar refractivity (Wildman–Crippen MR) is 89.9 cm³/mol. The second-order valence-electron chi connectivity index (χ2n) is 6.40. The molecule has 1 aliphatic rings. The van der Waals surface area contributed by atoms with Crippen molar-refractivity contribution in [2.45, 2.75) is 46.2 Å². The molecule has 1 aromatic heterocycles. The highest BCUT2D eigenvalue weighted by Crippen LogP contribution is 2.17. The first-order valence-corrected chi connectivity index (χ1v) is 8.40. The van der Waals surface area contributed by atoms with Crippen LogP contribution in [0.5, 0.6) is 0 Å². The van der Waals surface area contributed by atoms with Crippen LogP contribution >= 0.6 is 0 Å². The molecule has 2 heterocycles. The van der Waals surface area contributed by atoms with Gasteiger partial charge in [-0.3, -0.25) is 9.80 Å². The molecule has 0 bridgehead atoms. The maximum Gasteiger partial charge on any atom is 0.118 e. The van der Waals surface area contributed by atoms with E-state index in [9.17, 15) is 5.11 Å². The molecule has 0 amide bonds. The molecule has 4 nitrogen and oxygen atoms in total. The van der Waals surface area contributed by atoms with Crippen LogP contribution in [0.15, 0.2) is 28.2 Å². The monoisotopic (exact) mass is 306 g/mol. The van der Waals surface area contributed by atoms with Crippen molar-refractivity contribution in [2.24, 2.45) is 0 Å². The van der Waals surface area contributed by atoms with Gasteiger partial charge < -0.3 is 9.52 Å². The van der Waals surface area contributed by atoms with Crippen molar-refractivity contribution in [2.75, 3.05) is 32.8 Å². The topological polar surface area (TPSA) is 39.9 Å². The third-order valence-electron chi connectivity index (χ3n) is 4.33. The van der Waals surface area contributed by atoms with Crippen molar-refractivity contribution in [1.29, 1.82) is 0 Å². The summed E-state index contributed by atoms with van der Waals surface area (Å²) in [4.78, 5) is 4.93. The zero-order chi connectivity index (χ0) is 15.9. The van der Waals surface area contributed by atoms with Gasteiger partial charge in [0.15, 0.2) is 0 Å². The van der Waals surface area contributed by atoms with Crippen LogP contribution in [-0.4, -0.2) is 53.7 Å². The molecule has 1 aromatic rings. The highest BCUT2D eigenvalue weighted by Gasteiger charge is 2.26. The fraction of sp³-hybridized carbons (Fsp3) is 0.667. The summed E-state index contributed by atoms with van der Waals surface area (Å²) < 4.78 is 5.82. The predicted octanol–water partition coefficient (Wildman–Crippen LogP) is 2.68. The van der Waals surface area contributed by atoms with E-state index in [2.05, 4.69) is 48.8 Å². The molecule has 0 aromatic carbocycles. The van der Waals surface area contributed by atoms with Gasteiger partial charge in [-0.1, -0.05) is 18.6 Å². The maximum absolute atomic E-state index is 9.35. The van der Waals surface area contributed by atoms with Crippen LogP contribution in [0.3, 0.4) is 0 Å². The lowest BCUT2D eigenvalue weighted by Crippen LogP contribution is -2.53. The van der Waals surface area contributed by atoms with Crippen LogP contribution in [0.1, 0.15) is 38.7 Å². The third kappa shape index (κ3) is 4.97. The van der Waals surface area contributed by atoms with Crippen LogP contribution in [0.2, 0.25) is 0 Å². The minimum absolute atomic E-state index is 0.255. The van der Waals surface area contributed by atoms with Gasteiger partial charge in [0.1, 0.15) is 11.5 Å². The highest BCUT2D eigenvalue weighted by atomic mass is 16.3. The molecular formula is C18H30N2O2. The largest absolute Gasteiger partial charge is 0.465 e. The van der Waals surface area contributed by atoms with Crippen LogP contribution in [0.25, 0.3) is 0 Å². The molecule has 4 heteroatoms. The van der Waals surface area contributed by atoms with Gasteiger partial charge in [-0.2, -0.15) is 0 Å². The molecular weight excluding hydrogens is 276 g/mol. The number of aliphatic hydroxyl groups is 1. The van der Waals surface area contributed by atoms with E-state index in [1.165, 1.54) is 5.57 Å². The Morgan fingerprint density at radius 1 is 1.32 bits per heavy atom. The van der Waals surface area contributed by atoms with Crippen molar-refractivity contribution in [3.63, 3.8) is 0 Å². The Morgan fingerprint density at radius 2 is 2.09 bits per heavy atom. The third-order valence-corrected chi connectivity index (χ3v) is 4.33. The normalized spacial score (nSPS) is 20.3. The molecule has 1 atom stereocenters. The zero-order valence-corrected chi connectivity index (χ0v) is 14.2. The summed E-state index contributed by atoms with van der Waals surface area (Å²) in [5.41, 5.74) is 1.35. The van der Waals surface area contributed by atoms with E-state index in [0.29, 0.717) is 6.04 Å². The Balaban J connectivity index is 1.92. The summed E-state index contributed by atoms with van der Waals surface area (Å²) >= 11 is 0. The Morgan fingerprint density at radius 3 is 2.73 bits per heavy atom. The number of nitrogens with zero attached hydrogens (tertiary/aromatic N) is 2. The molecule has 2 rings (SSSR count). The quantitative estimate of drug-likeness (QED) is 0.786. The summed E-state index contributed by atoms with van der Waals surface area (Å²) in [6.07, 6.45) is 4.06. The Labute approximate surface area is 134 Å². The molecule has 1 fully saturated rings. The molecule has 0 radical (unpaired) electrons. The van der Waals surface area contributed by atoms with Gasteiger partial charge in [0.05, 0.1) is 6.54 Å². The minimum atomic E-state index is 0.255. The van der Waals surface area contributed by atoms with E-state index < -0.39 is 0 Å². The van der Waals surface area contributed by atoms with Crippen LogP contribution in [0, 0.1) is 0 Å². The Hall–Kier alpha value is -1.10. The van der Waals surface area contributed by atoms with Crippen molar-refractivity contribution in [3.05, 3.63) is 35.3 Å². The second-order valence-corrected chi connectivity index (χ2v) is 6.40. The lowest BCUT2D eigenvalue weighted by molar-refractivity contribution is 0.0599. The number of aryl methyl sites for hydroxylation is 1. The number of aliphatic hydroxyl groups excluding tert-OH is 1. The first-order valence-electron chi connectivity index (χ1n) is 8.40. The second kappa shape index (κ2) is 8.51. The van der Waals surface area contributed by atoms with Crippen molar-refractivity contribution in [1.82, 2.24) is 9.80 Å². The number of allylic oxidation sites excluding steroid dienone is 1. The Kier molecular flexibility index (Phi) is 6.68. The molecule has 1 N–H and O–H groups in total. The first kappa shape index (κ1) is 17.3.